The summed E-state index contributed by atoms with van der Waals surface area (Å²) in [7, 11) is -2.09. The van der Waals surface area contributed by atoms with Crippen molar-refractivity contribution in [3.63, 3.8) is 0 Å². The van der Waals surface area contributed by atoms with Crippen LogP contribution in [0.5, 0.6) is 0 Å². The molecule has 0 fully saturated rings. The fourth-order valence-corrected chi connectivity index (χ4v) is 3.72. The van der Waals surface area contributed by atoms with Gasteiger partial charge in [-0.05, 0) is 31.3 Å². The Morgan fingerprint density at radius 2 is 1.79 bits per heavy atom. The second-order valence-electron chi connectivity index (χ2n) is 4.95. The Labute approximate surface area is 142 Å². The summed E-state index contributed by atoms with van der Waals surface area (Å²) < 4.78 is 25.8. The highest BCUT2D eigenvalue weighted by molar-refractivity contribution is 7.89. The van der Waals surface area contributed by atoms with Crippen molar-refractivity contribution in [2.75, 3.05) is 12.4 Å². The number of rotatable bonds is 4. The van der Waals surface area contributed by atoms with Crippen molar-refractivity contribution in [2.24, 2.45) is 0 Å². The van der Waals surface area contributed by atoms with Gasteiger partial charge in [-0.2, -0.15) is 0 Å². The largest absolute Gasteiger partial charge is 0.302 e. The van der Waals surface area contributed by atoms with Crippen LogP contribution < -0.4 is 10.0 Å². The third-order valence-corrected chi connectivity index (χ3v) is 5.58. The van der Waals surface area contributed by atoms with E-state index in [1.165, 1.54) is 37.4 Å². The van der Waals surface area contributed by atoms with Gasteiger partial charge in [0.05, 0.1) is 10.6 Å². The van der Waals surface area contributed by atoms with Crippen LogP contribution in [0.15, 0.2) is 41.3 Å². The van der Waals surface area contributed by atoms with Crippen molar-refractivity contribution >= 4 is 42.7 Å². The number of benzene rings is 1. The van der Waals surface area contributed by atoms with E-state index in [1.807, 2.05) is 6.07 Å². The number of anilines is 1. The maximum absolute atomic E-state index is 11.7. The van der Waals surface area contributed by atoms with Crippen molar-refractivity contribution < 1.29 is 13.2 Å². The van der Waals surface area contributed by atoms with Crippen LogP contribution in [0, 0.1) is 0 Å². The molecule has 1 aromatic carbocycles. The van der Waals surface area contributed by atoms with E-state index in [1.54, 1.807) is 18.2 Å². The standard InChI is InChI=1S/C15H14N4O3S2/c1-9(20)17-15-19-13-8-7-12(18-14(13)23-15)10-3-5-11(6-4-10)24(21,22)16-2/h3-8,16H,1-2H3,(H,17,19,20). The summed E-state index contributed by atoms with van der Waals surface area (Å²) in [6.45, 7) is 1.42. The van der Waals surface area contributed by atoms with Crippen LogP contribution in [0.4, 0.5) is 5.13 Å². The van der Waals surface area contributed by atoms with E-state index in [9.17, 15) is 13.2 Å². The fraction of sp³-hybridized carbons (Fsp3) is 0.133. The van der Waals surface area contributed by atoms with E-state index in [2.05, 4.69) is 20.0 Å². The number of nitrogens with one attached hydrogen (secondary N) is 2. The third-order valence-electron chi connectivity index (χ3n) is 3.27. The number of hydrogen-bond donors (Lipinski definition) is 2. The Kier molecular flexibility index (Phi) is 4.31. The topological polar surface area (TPSA) is 101 Å². The first-order chi connectivity index (χ1) is 11.4. The number of aromatic nitrogens is 2. The molecule has 2 heterocycles. The van der Waals surface area contributed by atoms with Crippen molar-refractivity contribution in [1.82, 2.24) is 14.7 Å². The third kappa shape index (κ3) is 3.28. The summed E-state index contributed by atoms with van der Waals surface area (Å²) in [5, 5.41) is 3.14. The highest BCUT2D eigenvalue weighted by atomic mass is 32.2. The number of pyridine rings is 1. The Morgan fingerprint density at radius 1 is 1.08 bits per heavy atom. The van der Waals surface area contributed by atoms with Crippen LogP contribution in [0.3, 0.4) is 0 Å². The lowest BCUT2D eigenvalue weighted by molar-refractivity contribution is -0.114. The first-order valence-corrected chi connectivity index (χ1v) is 9.28. The number of hydrogen-bond acceptors (Lipinski definition) is 6. The molecule has 124 valence electrons. The second kappa shape index (κ2) is 6.27. The predicted molar refractivity (Wildman–Crippen MR) is 93.4 cm³/mol. The number of thiazole rings is 1. The van der Waals surface area contributed by atoms with Gasteiger partial charge < -0.3 is 5.32 Å². The zero-order chi connectivity index (χ0) is 17.3. The molecule has 0 unspecified atom stereocenters. The molecule has 0 saturated carbocycles. The molecule has 1 amide bonds. The van der Waals surface area contributed by atoms with Gasteiger partial charge in [0.25, 0.3) is 0 Å². The SMILES string of the molecule is CNS(=O)(=O)c1ccc(-c2ccc3nc(NC(C)=O)sc3n2)cc1. The molecule has 0 aliphatic carbocycles. The zero-order valence-electron chi connectivity index (χ0n) is 12.9. The van der Waals surface area contributed by atoms with Gasteiger partial charge in [-0.25, -0.2) is 23.1 Å². The average molecular weight is 362 g/mol. The maximum atomic E-state index is 11.7. The highest BCUT2D eigenvalue weighted by Crippen LogP contribution is 2.28. The lowest BCUT2D eigenvalue weighted by Gasteiger charge is -2.04. The summed E-state index contributed by atoms with van der Waals surface area (Å²) >= 11 is 1.29. The van der Waals surface area contributed by atoms with Gasteiger partial charge in [-0.3, -0.25) is 4.79 Å². The lowest BCUT2D eigenvalue weighted by atomic mass is 10.1. The Morgan fingerprint density at radius 3 is 2.42 bits per heavy atom. The van der Waals surface area contributed by atoms with Crippen LogP contribution in [-0.4, -0.2) is 31.3 Å². The van der Waals surface area contributed by atoms with Crippen molar-refractivity contribution in [3.05, 3.63) is 36.4 Å². The molecule has 7 nitrogen and oxygen atoms in total. The van der Waals surface area contributed by atoms with E-state index in [0.29, 0.717) is 21.2 Å². The zero-order valence-corrected chi connectivity index (χ0v) is 14.5. The van der Waals surface area contributed by atoms with E-state index in [-0.39, 0.29) is 10.8 Å². The number of nitrogens with zero attached hydrogens (tertiary/aromatic N) is 2. The smallest absolute Gasteiger partial charge is 0.240 e. The minimum atomic E-state index is -3.46. The summed E-state index contributed by atoms with van der Waals surface area (Å²) in [5.41, 5.74) is 2.19. The Hall–Kier alpha value is -2.36. The Bertz CT molecular complexity index is 1010. The number of sulfonamides is 1. The molecule has 24 heavy (non-hydrogen) atoms. The van der Waals surface area contributed by atoms with Crippen LogP contribution >= 0.6 is 11.3 Å². The Balaban J connectivity index is 1.96. The van der Waals surface area contributed by atoms with Crippen molar-refractivity contribution in [1.29, 1.82) is 0 Å². The monoisotopic (exact) mass is 362 g/mol. The van der Waals surface area contributed by atoms with Gasteiger partial charge in [0, 0.05) is 12.5 Å². The average Bonchev–Trinajstić information content (AvgIpc) is 2.95. The quantitative estimate of drug-likeness (QED) is 0.741. The van der Waals surface area contributed by atoms with E-state index in [4.69, 9.17) is 0 Å². The van der Waals surface area contributed by atoms with E-state index >= 15 is 0 Å². The highest BCUT2D eigenvalue weighted by Gasteiger charge is 2.12. The molecular weight excluding hydrogens is 348 g/mol. The number of amides is 1. The van der Waals surface area contributed by atoms with E-state index in [0.717, 1.165) is 5.56 Å². The van der Waals surface area contributed by atoms with Gasteiger partial charge >= 0.3 is 0 Å². The molecule has 0 bridgehead atoms. The molecular formula is C15H14N4O3S2. The van der Waals surface area contributed by atoms with Gasteiger partial charge in [-0.15, -0.1) is 0 Å². The van der Waals surface area contributed by atoms with Crippen molar-refractivity contribution in [2.45, 2.75) is 11.8 Å². The minimum Gasteiger partial charge on any atom is -0.302 e. The fourth-order valence-electron chi connectivity index (χ4n) is 2.10. The van der Waals surface area contributed by atoms with Crippen molar-refractivity contribution in [3.8, 4) is 11.3 Å². The number of fused-ring (bicyclic) bond motifs is 1. The molecule has 0 aliphatic heterocycles. The van der Waals surface area contributed by atoms with Crippen LogP contribution in [0.25, 0.3) is 21.6 Å². The van der Waals surface area contributed by atoms with Gasteiger partial charge in [0.15, 0.2) is 5.13 Å². The summed E-state index contributed by atoms with van der Waals surface area (Å²) in [6.07, 6.45) is 0. The molecule has 9 heteroatoms. The molecule has 3 rings (SSSR count). The van der Waals surface area contributed by atoms with E-state index < -0.39 is 10.0 Å². The first kappa shape index (κ1) is 16.5. The van der Waals surface area contributed by atoms with Crippen LogP contribution in [0.1, 0.15) is 6.92 Å². The number of carbonyl (C=O) groups is 1. The summed E-state index contributed by atoms with van der Waals surface area (Å²) in [4.78, 5) is 20.8. The van der Waals surface area contributed by atoms with Crippen LogP contribution in [0.2, 0.25) is 0 Å². The lowest BCUT2D eigenvalue weighted by Crippen LogP contribution is -2.18. The molecule has 0 spiro atoms. The summed E-state index contributed by atoms with van der Waals surface area (Å²) in [5.74, 6) is -0.185. The molecule has 2 aromatic heterocycles. The van der Waals surface area contributed by atoms with Gasteiger partial charge in [-0.1, -0.05) is 23.5 Å². The maximum Gasteiger partial charge on any atom is 0.240 e. The minimum absolute atomic E-state index is 0.185. The normalized spacial score (nSPS) is 11.6. The first-order valence-electron chi connectivity index (χ1n) is 6.98. The molecule has 0 radical (unpaired) electrons. The molecule has 0 atom stereocenters. The predicted octanol–water partition coefficient (Wildman–Crippen LogP) is 2.22. The van der Waals surface area contributed by atoms with Gasteiger partial charge in [0.1, 0.15) is 10.3 Å². The van der Waals surface area contributed by atoms with Crippen LogP contribution in [-0.2, 0) is 14.8 Å². The molecule has 2 N–H and O–H groups in total. The molecule has 0 saturated heterocycles. The number of carbonyl (C=O) groups excluding carboxylic acids is 1. The molecule has 0 aliphatic rings. The summed E-state index contributed by atoms with van der Waals surface area (Å²) in [6, 6.07) is 10.1. The molecule has 3 aromatic rings. The second-order valence-corrected chi connectivity index (χ2v) is 7.82. The van der Waals surface area contributed by atoms with Gasteiger partial charge in [0.2, 0.25) is 15.9 Å².